The smallest absolute Gasteiger partial charge is 0.244 e. The second-order valence-electron chi connectivity index (χ2n) is 5.17. The van der Waals surface area contributed by atoms with E-state index in [4.69, 9.17) is 10.5 Å². The van der Waals surface area contributed by atoms with Crippen molar-refractivity contribution in [3.63, 3.8) is 0 Å². The molecule has 2 rings (SSSR count). The van der Waals surface area contributed by atoms with Crippen LogP contribution in [0.25, 0.3) is 0 Å². The highest BCUT2D eigenvalue weighted by Gasteiger charge is 2.27. The molecule has 0 radical (unpaired) electrons. The summed E-state index contributed by atoms with van der Waals surface area (Å²) in [5.41, 5.74) is 8.11. The van der Waals surface area contributed by atoms with Crippen LogP contribution in [0.3, 0.4) is 0 Å². The third-order valence-corrected chi connectivity index (χ3v) is 3.73. The molecule has 0 bridgehead atoms. The van der Waals surface area contributed by atoms with E-state index in [2.05, 4.69) is 0 Å². The van der Waals surface area contributed by atoms with E-state index in [1.165, 1.54) is 5.56 Å². The molecular formula is C15H22N2O2. The molecule has 1 aliphatic rings. The highest BCUT2D eigenvalue weighted by Crippen LogP contribution is 2.18. The number of methoxy groups -OCH3 is 1. The Morgan fingerprint density at radius 3 is 2.74 bits per heavy atom. The van der Waals surface area contributed by atoms with Crippen LogP contribution in [0, 0.1) is 6.92 Å². The van der Waals surface area contributed by atoms with Gasteiger partial charge in [-0.15, -0.1) is 0 Å². The van der Waals surface area contributed by atoms with Gasteiger partial charge in [0.25, 0.3) is 0 Å². The fourth-order valence-electron chi connectivity index (χ4n) is 2.44. The van der Waals surface area contributed by atoms with Crippen molar-refractivity contribution in [2.75, 3.05) is 20.2 Å². The van der Waals surface area contributed by atoms with Gasteiger partial charge in [-0.25, -0.2) is 0 Å². The first-order valence-corrected chi connectivity index (χ1v) is 6.75. The Kier molecular flexibility index (Phi) is 4.56. The van der Waals surface area contributed by atoms with E-state index >= 15 is 0 Å². The Morgan fingerprint density at radius 2 is 2.11 bits per heavy atom. The average molecular weight is 262 g/mol. The molecule has 2 unspecified atom stereocenters. The summed E-state index contributed by atoms with van der Waals surface area (Å²) in [4.78, 5) is 14.2. The van der Waals surface area contributed by atoms with E-state index < -0.39 is 6.04 Å². The maximum atomic E-state index is 12.4. The quantitative estimate of drug-likeness (QED) is 0.901. The lowest BCUT2D eigenvalue weighted by atomic mass is 10.0. The van der Waals surface area contributed by atoms with Crippen LogP contribution in [0.15, 0.2) is 24.3 Å². The summed E-state index contributed by atoms with van der Waals surface area (Å²) in [6, 6.07) is 7.25. The van der Waals surface area contributed by atoms with E-state index in [9.17, 15) is 4.79 Å². The van der Waals surface area contributed by atoms with Crippen LogP contribution in [0.5, 0.6) is 0 Å². The first-order chi connectivity index (χ1) is 9.11. The van der Waals surface area contributed by atoms with Crippen molar-refractivity contribution in [1.82, 2.24) is 4.90 Å². The van der Waals surface area contributed by atoms with Gasteiger partial charge in [0.2, 0.25) is 5.91 Å². The molecule has 2 atom stereocenters. The lowest BCUT2D eigenvalue weighted by molar-refractivity contribution is -0.136. The number of rotatable bonds is 3. The first kappa shape index (κ1) is 14.0. The predicted octanol–water partition coefficient (Wildman–Crippen LogP) is 1.63. The minimum atomic E-state index is -0.573. The summed E-state index contributed by atoms with van der Waals surface area (Å²) < 4.78 is 5.34. The highest BCUT2D eigenvalue weighted by molar-refractivity contribution is 5.83. The molecule has 19 heavy (non-hydrogen) atoms. The molecule has 2 N–H and O–H groups in total. The Balaban J connectivity index is 2.04. The number of ether oxygens (including phenoxy) is 1. The van der Waals surface area contributed by atoms with Crippen molar-refractivity contribution in [2.45, 2.75) is 31.9 Å². The third-order valence-electron chi connectivity index (χ3n) is 3.73. The van der Waals surface area contributed by atoms with Crippen LogP contribution < -0.4 is 5.73 Å². The SMILES string of the molecule is COC1CCCN(C(=O)C(N)c2ccc(C)cc2)C1. The van der Waals surface area contributed by atoms with Gasteiger partial charge in [-0.05, 0) is 25.3 Å². The highest BCUT2D eigenvalue weighted by atomic mass is 16.5. The molecule has 0 aliphatic carbocycles. The summed E-state index contributed by atoms with van der Waals surface area (Å²) in [6.45, 7) is 3.44. The van der Waals surface area contributed by atoms with Crippen LogP contribution in [-0.2, 0) is 9.53 Å². The average Bonchev–Trinajstić information content (AvgIpc) is 2.46. The first-order valence-electron chi connectivity index (χ1n) is 6.75. The van der Waals surface area contributed by atoms with E-state index in [0.29, 0.717) is 6.54 Å². The minimum absolute atomic E-state index is 0.00870. The van der Waals surface area contributed by atoms with Crippen LogP contribution in [0.2, 0.25) is 0 Å². The number of nitrogens with two attached hydrogens (primary N) is 1. The second kappa shape index (κ2) is 6.17. The van der Waals surface area contributed by atoms with Gasteiger partial charge in [0.15, 0.2) is 0 Å². The molecule has 104 valence electrons. The number of hydrogen-bond donors (Lipinski definition) is 1. The fraction of sp³-hybridized carbons (Fsp3) is 0.533. The number of hydrogen-bond acceptors (Lipinski definition) is 3. The summed E-state index contributed by atoms with van der Waals surface area (Å²) in [5, 5.41) is 0. The molecule has 0 aromatic heterocycles. The summed E-state index contributed by atoms with van der Waals surface area (Å²) in [7, 11) is 1.69. The van der Waals surface area contributed by atoms with Gasteiger partial charge in [0.1, 0.15) is 6.04 Å². The van der Waals surface area contributed by atoms with Crippen LogP contribution >= 0.6 is 0 Å². The van der Waals surface area contributed by atoms with Gasteiger partial charge in [-0.3, -0.25) is 4.79 Å². The molecule has 1 aromatic rings. The number of nitrogens with zero attached hydrogens (tertiary/aromatic N) is 1. The Bertz CT molecular complexity index is 430. The zero-order valence-electron chi connectivity index (χ0n) is 11.6. The number of benzene rings is 1. The van der Waals surface area contributed by atoms with E-state index in [1.807, 2.05) is 36.1 Å². The van der Waals surface area contributed by atoms with Crippen molar-refractivity contribution < 1.29 is 9.53 Å². The van der Waals surface area contributed by atoms with Crippen molar-refractivity contribution in [2.24, 2.45) is 5.73 Å². The summed E-state index contributed by atoms with van der Waals surface area (Å²) in [5.74, 6) is -0.00870. The number of carbonyl (C=O) groups excluding carboxylic acids is 1. The van der Waals surface area contributed by atoms with E-state index in [0.717, 1.165) is 24.9 Å². The van der Waals surface area contributed by atoms with Crippen LogP contribution in [-0.4, -0.2) is 37.1 Å². The zero-order valence-corrected chi connectivity index (χ0v) is 11.6. The number of carbonyl (C=O) groups is 1. The van der Waals surface area contributed by atoms with Gasteiger partial charge in [0, 0.05) is 20.2 Å². The summed E-state index contributed by atoms with van der Waals surface area (Å²) >= 11 is 0. The van der Waals surface area contributed by atoms with Crippen LogP contribution in [0.4, 0.5) is 0 Å². The van der Waals surface area contributed by atoms with E-state index in [1.54, 1.807) is 7.11 Å². The van der Waals surface area contributed by atoms with Crippen molar-refractivity contribution >= 4 is 5.91 Å². The topological polar surface area (TPSA) is 55.6 Å². The lowest BCUT2D eigenvalue weighted by Gasteiger charge is -2.33. The second-order valence-corrected chi connectivity index (χ2v) is 5.17. The van der Waals surface area contributed by atoms with E-state index in [-0.39, 0.29) is 12.0 Å². The molecule has 1 aromatic carbocycles. The minimum Gasteiger partial charge on any atom is -0.380 e. The predicted molar refractivity (Wildman–Crippen MR) is 74.7 cm³/mol. The fourth-order valence-corrected chi connectivity index (χ4v) is 2.44. The molecule has 4 heteroatoms. The van der Waals surface area contributed by atoms with Gasteiger partial charge < -0.3 is 15.4 Å². The monoisotopic (exact) mass is 262 g/mol. The lowest BCUT2D eigenvalue weighted by Crippen LogP contribution is -2.46. The largest absolute Gasteiger partial charge is 0.380 e. The Hall–Kier alpha value is -1.39. The maximum Gasteiger partial charge on any atom is 0.244 e. The van der Waals surface area contributed by atoms with Crippen molar-refractivity contribution in [1.29, 1.82) is 0 Å². The molecule has 0 spiro atoms. The molecule has 4 nitrogen and oxygen atoms in total. The van der Waals surface area contributed by atoms with Gasteiger partial charge in [-0.1, -0.05) is 29.8 Å². The third kappa shape index (κ3) is 3.33. The van der Waals surface area contributed by atoms with Crippen molar-refractivity contribution in [3.05, 3.63) is 35.4 Å². The van der Waals surface area contributed by atoms with Crippen molar-refractivity contribution in [3.8, 4) is 0 Å². The molecule has 1 fully saturated rings. The summed E-state index contributed by atoms with van der Waals surface area (Å²) in [6.07, 6.45) is 2.13. The molecule has 1 heterocycles. The van der Waals surface area contributed by atoms with Gasteiger partial charge in [0.05, 0.1) is 6.10 Å². The maximum absolute atomic E-state index is 12.4. The van der Waals surface area contributed by atoms with Gasteiger partial charge >= 0.3 is 0 Å². The number of likely N-dealkylation sites (tertiary alicyclic amines) is 1. The molecular weight excluding hydrogens is 240 g/mol. The molecule has 1 saturated heterocycles. The number of aryl methyl sites for hydroxylation is 1. The zero-order chi connectivity index (χ0) is 13.8. The number of piperidine rings is 1. The molecule has 1 amide bonds. The molecule has 1 aliphatic heterocycles. The Morgan fingerprint density at radius 1 is 1.42 bits per heavy atom. The standard InChI is InChI=1S/C15H22N2O2/c1-11-5-7-12(8-6-11)14(16)15(18)17-9-3-4-13(10-17)19-2/h5-8,13-14H,3-4,9-10,16H2,1-2H3. The normalized spacial score (nSPS) is 21.2. The van der Waals surface area contributed by atoms with Gasteiger partial charge in [-0.2, -0.15) is 0 Å². The van der Waals surface area contributed by atoms with Crippen LogP contribution in [0.1, 0.15) is 30.0 Å². The number of amides is 1. The Labute approximate surface area is 114 Å². The molecule has 0 saturated carbocycles.